The Morgan fingerprint density at radius 1 is 1.18 bits per heavy atom. The van der Waals surface area contributed by atoms with Crippen molar-refractivity contribution in [3.05, 3.63) is 0 Å². The van der Waals surface area contributed by atoms with Gasteiger partial charge in [-0.2, -0.15) is 0 Å². The normalized spacial score (nSPS) is 11.8. The number of thioether (sulfide) groups is 1. The van der Waals surface area contributed by atoms with Crippen LogP contribution in [0.1, 0.15) is 26.2 Å². The third kappa shape index (κ3) is 8.44. The predicted molar refractivity (Wildman–Crippen MR) is 60.8 cm³/mol. The molecule has 0 bridgehead atoms. The monoisotopic (exact) mass is 262 g/mol. The Morgan fingerprint density at radius 2 is 1.76 bits per heavy atom. The zero-order chi connectivity index (χ0) is 13.4. The molecule has 0 radical (unpaired) electrons. The maximum Gasteiger partial charge on any atom is 0.306 e. The van der Waals surface area contributed by atoms with E-state index >= 15 is 0 Å². The Balaban J connectivity index is 4.15. The van der Waals surface area contributed by atoms with Crippen LogP contribution >= 0.6 is 11.8 Å². The molecule has 0 amide bonds. The van der Waals surface area contributed by atoms with Gasteiger partial charge >= 0.3 is 11.9 Å². The van der Waals surface area contributed by atoms with Gasteiger partial charge in [0.25, 0.3) is 0 Å². The van der Waals surface area contributed by atoms with Crippen LogP contribution in [0, 0.1) is 5.92 Å². The molecule has 1 atom stereocenters. The molecule has 17 heavy (non-hydrogen) atoms. The van der Waals surface area contributed by atoms with E-state index in [1.165, 1.54) is 6.92 Å². The van der Waals surface area contributed by atoms with Gasteiger partial charge in [0.1, 0.15) is 5.78 Å². The number of carbonyl (C=O) groups excluding carboxylic acids is 2. The standard InChI is InChI=1S/C10H14O6S/c1-6(11)17-5-8(12)4-7(10(15)16)2-3-9(13)14/h7H,2-5H2,1H3,(H,13,14)(H,15,16). The fourth-order valence-electron chi connectivity index (χ4n) is 1.13. The Hall–Kier alpha value is -1.37. The summed E-state index contributed by atoms with van der Waals surface area (Å²) >= 11 is 0.820. The number of carbonyl (C=O) groups is 4. The van der Waals surface area contributed by atoms with Crippen molar-refractivity contribution in [3.63, 3.8) is 0 Å². The Bertz CT molecular complexity index is 325. The molecule has 0 spiro atoms. The minimum atomic E-state index is -1.19. The lowest BCUT2D eigenvalue weighted by Gasteiger charge is -2.09. The number of rotatable bonds is 8. The highest BCUT2D eigenvalue weighted by Gasteiger charge is 2.22. The largest absolute Gasteiger partial charge is 0.481 e. The molecule has 0 saturated heterocycles. The first kappa shape index (κ1) is 15.6. The van der Waals surface area contributed by atoms with E-state index in [1.807, 2.05) is 0 Å². The molecule has 0 aromatic rings. The highest BCUT2D eigenvalue weighted by Crippen LogP contribution is 2.14. The maximum atomic E-state index is 11.3. The summed E-state index contributed by atoms with van der Waals surface area (Å²) in [5.74, 6) is -3.70. The summed E-state index contributed by atoms with van der Waals surface area (Å²) in [7, 11) is 0. The Kier molecular flexibility index (Phi) is 7.20. The summed E-state index contributed by atoms with van der Waals surface area (Å²) in [6, 6.07) is 0. The van der Waals surface area contributed by atoms with Crippen molar-refractivity contribution < 1.29 is 29.4 Å². The lowest BCUT2D eigenvalue weighted by atomic mass is 9.98. The summed E-state index contributed by atoms with van der Waals surface area (Å²) in [5.41, 5.74) is 0. The number of hydrogen-bond donors (Lipinski definition) is 2. The van der Waals surface area contributed by atoms with Gasteiger partial charge in [-0.05, 0) is 6.42 Å². The molecule has 0 aromatic heterocycles. The Morgan fingerprint density at radius 3 is 2.18 bits per heavy atom. The van der Waals surface area contributed by atoms with Crippen molar-refractivity contribution >= 4 is 34.6 Å². The van der Waals surface area contributed by atoms with Crippen molar-refractivity contribution in [2.75, 3.05) is 5.75 Å². The summed E-state index contributed by atoms with van der Waals surface area (Å²) in [4.78, 5) is 43.0. The summed E-state index contributed by atoms with van der Waals surface area (Å²) in [5, 5.41) is 17.0. The molecule has 0 heterocycles. The van der Waals surface area contributed by atoms with Crippen LogP contribution in [-0.2, 0) is 19.2 Å². The van der Waals surface area contributed by atoms with Crippen LogP contribution in [0.5, 0.6) is 0 Å². The average molecular weight is 262 g/mol. The highest BCUT2D eigenvalue weighted by atomic mass is 32.2. The van der Waals surface area contributed by atoms with E-state index in [2.05, 4.69) is 0 Å². The van der Waals surface area contributed by atoms with E-state index in [0.29, 0.717) is 0 Å². The molecule has 0 rings (SSSR count). The van der Waals surface area contributed by atoms with Gasteiger partial charge < -0.3 is 10.2 Å². The summed E-state index contributed by atoms with van der Waals surface area (Å²) in [6.45, 7) is 1.32. The first-order chi connectivity index (χ1) is 7.82. The second-order valence-electron chi connectivity index (χ2n) is 3.49. The molecule has 0 aromatic carbocycles. The topological polar surface area (TPSA) is 109 Å². The molecule has 96 valence electrons. The molecule has 6 nitrogen and oxygen atoms in total. The fourth-order valence-corrected chi connectivity index (χ4v) is 1.61. The van der Waals surface area contributed by atoms with Gasteiger partial charge in [-0.15, -0.1) is 0 Å². The third-order valence-corrected chi connectivity index (χ3v) is 2.84. The number of hydrogen-bond acceptors (Lipinski definition) is 5. The smallest absolute Gasteiger partial charge is 0.306 e. The van der Waals surface area contributed by atoms with Gasteiger partial charge in [-0.1, -0.05) is 11.8 Å². The number of carboxylic acid groups (broad SMARTS) is 2. The van der Waals surface area contributed by atoms with Crippen LogP contribution in [0.4, 0.5) is 0 Å². The van der Waals surface area contributed by atoms with Gasteiger partial charge in [-0.25, -0.2) is 0 Å². The van der Waals surface area contributed by atoms with Crippen LogP contribution in [0.2, 0.25) is 0 Å². The number of carboxylic acids is 2. The molecule has 1 unspecified atom stereocenters. The lowest BCUT2D eigenvalue weighted by molar-refractivity contribution is -0.144. The molecule has 0 fully saturated rings. The van der Waals surface area contributed by atoms with E-state index < -0.39 is 17.9 Å². The van der Waals surface area contributed by atoms with E-state index in [1.54, 1.807) is 0 Å². The SMILES string of the molecule is CC(=O)SCC(=O)CC(CCC(=O)O)C(=O)O. The van der Waals surface area contributed by atoms with Crippen LogP contribution in [0.15, 0.2) is 0 Å². The van der Waals surface area contributed by atoms with E-state index in [9.17, 15) is 19.2 Å². The van der Waals surface area contributed by atoms with E-state index in [0.717, 1.165) is 11.8 Å². The number of Topliss-reactive ketones (excluding diaryl/α,β-unsaturated/α-hetero) is 1. The van der Waals surface area contributed by atoms with Crippen molar-refractivity contribution in [1.29, 1.82) is 0 Å². The molecule has 0 saturated carbocycles. The van der Waals surface area contributed by atoms with Crippen LogP contribution in [0.25, 0.3) is 0 Å². The maximum absolute atomic E-state index is 11.3. The number of aliphatic carboxylic acids is 2. The van der Waals surface area contributed by atoms with Crippen molar-refractivity contribution in [2.24, 2.45) is 5.92 Å². The van der Waals surface area contributed by atoms with Crippen LogP contribution in [-0.4, -0.2) is 38.8 Å². The average Bonchev–Trinajstić information content (AvgIpc) is 2.20. The second-order valence-corrected chi connectivity index (χ2v) is 4.64. The van der Waals surface area contributed by atoms with Crippen molar-refractivity contribution in [1.82, 2.24) is 0 Å². The number of ketones is 1. The van der Waals surface area contributed by atoms with Crippen molar-refractivity contribution in [3.8, 4) is 0 Å². The summed E-state index contributed by atoms with van der Waals surface area (Å²) < 4.78 is 0. The van der Waals surface area contributed by atoms with Gasteiger partial charge in [0, 0.05) is 19.8 Å². The molecule has 0 aliphatic rings. The van der Waals surface area contributed by atoms with E-state index in [4.69, 9.17) is 10.2 Å². The van der Waals surface area contributed by atoms with E-state index in [-0.39, 0.29) is 35.9 Å². The first-order valence-corrected chi connectivity index (χ1v) is 5.91. The van der Waals surface area contributed by atoms with Gasteiger partial charge in [-0.3, -0.25) is 19.2 Å². The molecular formula is C10H14O6S. The van der Waals surface area contributed by atoms with Gasteiger partial charge in [0.2, 0.25) is 0 Å². The lowest BCUT2D eigenvalue weighted by Crippen LogP contribution is -2.20. The molecule has 0 aliphatic carbocycles. The zero-order valence-corrected chi connectivity index (χ0v) is 10.2. The van der Waals surface area contributed by atoms with Crippen LogP contribution < -0.4 is 0 Å². The highest BCUT2D eigenvalue weighted by molar-refractivity contribution is 8.14. The minimum absolute atomic E-state index is 0.0633. The quantitative estimate of drug-likeness (QED) is 0.665. The van der Waals surface area contributed by atoms with Crippen molar-refractivity contribution in [2.45, 2.75) is 26.2 Å². The van der Waals surface area contributed by atoms with Gasteiger partial charge in [0.15, 0.2) is 5.12 Å². The minimum Gasteiger partial charge on any atom is -0.481 e. The molecular weight excluding hydrogens is 248 g/mol. The first-order valence-electron chi connectivity index (χ1n) is 4.92. The molecule has 7 heteroatoms. The summed E-state index contributed by atoms with van der Waals surface area (Å²) in [6.07, 6.45) is -0.603. The predicted octanol–water partition coefficient (Wildman–Crippen LogP) is 0.791. The second kappa shape index (κ2) is 7.83. The van der Waals surface area contributed by atoms with Gasteiger partial charge in [0.05, 0.1) is 11.7 Å². The third-order valence-electron chi connectivity index (χ3n) is 1.97. The Labute approximate surface area is 102 Å². The fraction of sp³-hybridized carbons (Fsp3) is 0.600. The van der Waals surface area contributed by atoms with Crippen LogP contribution in [0.3, 0.4) is 0 Å². The molecule has 2 N–H and O–H groups in total. The molecule has 0 aliphatic heterocycles. The zero-order valence-electron chi connectivity index (χ0n) is 9.34.